The van der Waals surface area contributed by atoms with Gasteiger partial charge < -0.3 is 14.5 Å². The van der Waals surface area contributed by atoms with Crippen molar-refractivity contribution < 1.29 is 13.9 Å². The number of carbonyl (C=O) groups excluding carboxylic acids is 1. The van der Waals surface area contributed by atoms with Gasteiger partial charge in [-0.15, -0.1) is 0 Å². The molecule has 2 aromatic rings. The molecule has 0 radical (unpaired) electrons. The summed E-state index contributed by atoms with van der Waals surface area (Å²) in [5.41, 5.74) is 0.605. The van der Waals surface area contributed by atoms with Crippen LogP contribution < -0.4 is 10.1 Å². The highest BCUT2D eigenvalue weighted by atomic mass is 16.5. The van der Waals surface area contributed by atoms with E-state index in [0.717, 1.165) is 17.3 Å². The molecule has 0 saturated heterocycles. The van der Waals surface area contributed by atoms with Gasteiger partial charge in [-0.2, -0.15) is 0 Å². The van der Waals surface area contributed by atoms with E-state index in [1.807, 2.05) is 38.1 Å². The molecule has 5 heteroatoms. The SMILES string of the molecule is COc1ccc(C(=O)NC[C@@H](c2ccc(C)o2)N(C)C)cc1. The average molecular weight is 302 g/mol. The molecule has 2 rings (SSSR count). The smallest absolute Gasteiger partial charge is 0.251 e. The minimum atomic E-state index is -0.113. The van der Waals surface area contributed by atoms with Crippen LogP contribution in [-0.2, 0) is 0 Å². The van der Waals surface area contributed by atoms with E-state index >= 15 is 0 Å². The second kappa shape index (κ2) is 7.13. The van der Waals surface area contributed by atoms with Gasteiger partial charge in [0.1, 0.15) is 17.3 Å². The van der Waals surface area contributed by atoms with Gasteiger partial charge >= 0.3 is 0 Å². The van der Waals surface area contributed by atoms with Gasteiger partial charge in [0.25, 0.3) is 5.91 Å². The van der Waals surface area contributed by atoms with Crippen molar-refractivity contribution in [3.63, 3.8) is 0 Å². The first-order chi connectivity index (χ1) is 10.5. The fourth-order valence-corrected chi connectivity index (χ4v) is 2.20. The number of rotatable bonds is 6. The van der Waals surface area contributed by atoms with Crippen molar-refractivity contribution in [2.75, 3.05) is 27.7 Å². The van der Waals surface area contributed by atoms with Gasteiger partial charge in [0.05, 0.1) is 13.2 Å². The molecule has 0 bridgehead atoms. The van der Waals surface area contributed by atoms with Crippen molar-refractivity contribution in [1.82, 2.24) is 10.2 Å². The van der Waals surface area contributed by atoms with Crippen LogP contribution >= 0.6 is 0 Å². The molecule has 1 aromatic heterocycles. The monoisotopic (exact) mass is 302 g/mol. The number of ether oxygens (including phenoxy) is 1. The van der Waals surface area contributed by atoms with Crippen molar-refractivity contribution in [3.8, 4) is 5.75 Å². The van der Waals surface area contributed by atoms with E-state index in [9.17, 15) is 4.79 Å². The number of furan rings is 1. The number of hydrogen-bond donors (Lipinski definition) is 1. The Morgan fingerprint density at radius 2 is 1.91 bits per heavy atom. The molecule has 1 N–H and O–H groups in total. The lowest BCUT2D eigenvalue weighted by molar-refractivity contribution is 0.0939. The summed E-state index contributed by atoms with van der Waals surface area (Å²) in [5.74, 6) is 2.33. The number of carbonyl (C=O) groups is 1. The zero-order valence-electron chi connectivity index (χ0n) is 13.4. The molecular weight excluding hydrogens is 280 g/mol. The first-order valence-corrected chi connectivity index (χ1v) is 7.16. The second-order valence-electron chi connectivity index (χ2n) is 5.37. The third kappa shape index (κ3) is 3.89. The van der Waals surface area contributed by atoms with Crippen LogP contribution in [-0.4, -0.2) is 38.6 Å². The lowest BCUT2D eigenvalue weighted by Crippen LogP contribution is -2.34. The van der Waals surface area contributed by atoms with Crippen molar-refractivity contribution >= 4 is 5.91 Å². The Balaban J connectivity index is 2.01. The molecule has 1 heterocycles. The minimum Gasteiger partial charge on any atom is -0.497 e. The van der Waals surface area contributed by atoms with Crippen LogP contribution in [0, 0.1) is 6.92 Å². The van der Waals surface area contributed by atoms with Crippen LogP contribution in [0.25, 0.3) is 0 Å². The Kier molecular flexibility index (Phi) is 5.22. The lowest BCUT2D eigenvalue weighted by Gasteiger charge is -2.22. The highest BCUT2D eigenvalue weighted by molar-refractivity contribution is 5.94. The molecule has 0 unspecified atom stereocenters. The Morgan fingerprint density at radius 1 is 1.23 bits per heavy atom. The molecule has 1 aromatic carbocycles. The topological polar surface area (TPSA) is 54.7 Å². The molecule has 118 valence electrons. The summed E-state index contributed by atoms with van der Waals surface area (Å²) in [4.78, 5) is 14.2. The van der Waals surface area contributed by atoms with E-state index in [0.29, 0.717) is 12.1 Å². The first-order valence-electron chi connectivity index (χ1n) is 7.16. The van der Waals surface area contributed by atoms with Crippen LogP contribution in [0.2, 0.25) is 0 Å². The van der Waals surface area contributed by atoms with E-state index < -0.39 is 0 Å². The number of benzene rings is 1. The van der Waals surface area contributed by atoms with Gasteiger partial charge in [-0.3, -0.25) is 9.69 Å². The van der Waals surface area contributed by atoms with Crippen molar-refractivity contribution in [3.05, 3.63) is 53.5 Å². The Morgan fingerprint density at radius 3 is 2.41 bits per heavy atom. The van der Waals surface area contributed by atoms with Crippen LogP contribution in [0.15, 0.2) is 40.8 Å². The summed E-state index contributed by atoms with van der Waals surface area (Å²) in [7, 11) is 5.52. The quantitative estimate of drug-likeness (QED) is 0.891. The number of aryl methyl sites for hydroxylation is 1. The molecule has 0 spiro atoms. The summed E-state index contributed by atoms with van der Waals surface area (Å²) < 4.78 is 10.8. The third-order valence-electron chi connectivity index (χ3n) is 3.52. The van der Waals surface area contributed by atoms with Crippen LogP contribution in [0.5, 0.6) is 5.75 Å². The molecule has 22 heavy (non-hydrogen) atoms. The number of hydrogen-bond acceptors (Lipinski definition) is 4. The Labute approximate surface area is 130 Å². The Bertz CT molecular complexity index is 617. The summed E-state index contributed by atoms with van der Waals surface area (Å²) in [6.45, 7) is 2.39. The summed E-state index contributed by atoms with van der Waals surface area (Å²) in [5, 5.41) is 2.94. The molecule has 1 amide bonds. The standard InChI is InChI=1S/C17H22N2O3/c1-12-5-10-16(22-12)15(19(2)3)11-18-17(20)13-6-8-14(21-4)9-7-13/h5-10,15H,11H2,1-4H3,(H,18,20)/t15-/m0/s1. The molecular formula is C17H22N2O3. The van der Waals surface area contributed by atoms with Crippen LogP contribution in [0.1, 0.15) is 27.9 Å². The largest absolute Gasteiger partial charge is 0.497 e. The first kappa shape index (κ1) is 16.1. The van der Waals surface area contributed by atoms with Gasteiger partial charge in [0, 0.05) is 12.1 Å². The fourth-order valence-electron chi connectivity index (χ4n) is 2.20. The zero-order chi connectivity index (χ0) is 16.1. The molecule has 5 nitrogen and oxygen atoms in total. The molecule has 0 fully saturated rings. The molecule has 0 aliphatic carbocycles. The normalized spacial score (nSPS) is 12.2. The van der Waals surface area contributed by atoms with Gasteiger partial charge in [0.15, 0.2) is 0 Å². The summed E-state index contributed by atoms with van der Waals surface area (Å²) in [6, 6.07) is 10.9. The molecule has 0 aliphatic rings. The van der Waals surface area contributed by atoms with Crippen LogP contribution in [0.3, 0.4) is 0 Å². The molecule has 0 saturated carbocycles. The number of amides is 1. The van der Waals surface area contributed by atoms with E-state index in [1.54, 1.807) is 31.4 Å². The maximum atomic E-state index is 12.2. The predicted molar refractivity (Wildman–Crippen MR) is 85.2 cm³/mol. The predicted octanol–water partition coefficient (Wildman–Crippen LogP) is 2.63. The second-order valence-corrected chi connectivity index (χ2v) is 5.37. The highest BCUT2D eigenvalue weighted by Crippen LogP contribution is 2.20. The Hall–Kier alpha value is -2.27. The van der Waals surface area contributed by atoms with Crippen molar-refractivity contribution in [2.24, 2.45) is 0 Å². The maximum Gasteiger partial charge on any atom is 0.251 e. The molecule has 1 atom stereocenters. The van der Waals surface area contributed by atoms with Gasteiger partial charge in [0.2, 0.25) is 0 Å². The van der Waals surface area contributed by atoms with E-state index in [4.69, 9.17) is 9.15 Å². The minimum absolute atomic E-state index is 0.00380. The highest BCUT2D eigenvalue weighted by Gasteiger charge is 2.19. The van der Waals surface area contributed by atoms with Crippen molar-refractivity contribution in [1.29, 1.82) is 0 Å². The zero-order valence-corrected chi connectivity index (χ0v) is 13.4. The average Bonchev–Trinajstić information content (AvgIpc) is 2.93. The number of nitrogens with zero attached hydrogens (tertiary/aromatic N) is 1. The van der Waals surface area contributed by atoms with Gasteiger partial charge in [-0.1, -0.05) is 0 Å². The maximum absolute atomic E-state index is 12.2. The van der Waals surface area contributed by atoms with E-state index in [-0.39, 0.29) is 11.9 Å². The summed E-state index contributed by atoms with van der Waals surface area (Å²) in [6.07, 6.45) is 0. The van der Waals surface area contributed by atoms with Crippen molar-refractivity contribution in [2.45, 2.75) is 13.0 Å². The fraction of sp³-hybridized carbons (Fsp3) is 0.353. The number of likely N-dealkylation sites (N-methyl/N-ethyl adjacent to an activating group) is 1. The number of methoxy groups -OCH3 is 1. The van der Waals surface area contributed by atoms with E-state index in [2.05, 4.69) is 5.32 Å². The summed E-state index contributed by atoms with van der Waals surface area (Å²) >= 11 is 0. The molecule has 0 aliphatic heterocycles. The van der Waals surface area contributed by atoms with Gasteiger partial charge in [-0.25, -0.2) is 0 Å². The van der Waals surface area contributed by atoms with Crippen LogP contribution in [0.4, 0.5) is 0 Å². The third-order valence-corrected chi connectivity index (χ3v) is 3.52. The lowest BCUT2D eigenvalue weighted by atomic mass is 10.1. The number of nitrogens with one attached hydrogen (secondary N) is 1. The van der Waals surface area contributed by atoms with E-state index in [1.165, 1.54) is 0 Å². The van der Waals surface area contributed by atoms with Gasteiger partial charge in [-0.05, 0) is 57.4 Å².